The third-order valence-corrected chi connectivity index (χ3v) is 4.39. The van der Waals surface area contributed by atoms with Crippen molar-refractivity contribution in [1.82, 2.24) is 4.98 Å². The minimum atomic E-state index is -5.36. The molecule has 0 N–H and O–H groups in total. The van der Waals surface area contributed by atoms with Crippen molar-refractivity contribution in [2.45, 2.75) is 44.4 Å². The Labute approximate surface area is 161 Å². The Morgan fingerprint density at radius 3 is 2.14 bits per heavy atom. The average molecular weight is 425 g/mol. The molecule has 7 nitrogen and oxygen atoms in total. The Balaban J connectivity index is 3.01. The zero-order valence-corrected chi connectivity index (χ0v) is 15.4. The van der Waals surface area contributed by atoms with Gasteiger partial charge in [0.25, 0.3) is 6.43 Å². The Bertz CT molecular complexity index is 839. The van der Waals surface area contributed by atoms with Crippen molar-refractivity contribution in [2.24, 2.45) is 0 Å². The van der Waals surface area contributed by atoms with Gasteiger partial charge < -0.3 is 14.2 Å². The van der Waals surface area contributed by atoms with Gasteiger partial charge in [-0.1, -0.05) is 6.92 Å². The monoisotopic (exact) mass is 425 g/mol. The van der Waals surface area contributed by atoms with Crippen molar-refractivity contribution in [3.63, 3.8) is 0 Å². The normalized spacial score (nSPS) is 19.3. The Kier molecular flexibility index (Phi) is 6.43. The molecule has 2 atom stereocenters. The van der Waals surface area contributed by atoms with Gasteiger partial charge >= 0.3 is 24.1 Å². The lowest BCUT2D eigenvalue weighted by molar-refractivity contribution is -0.144. The molecule has 12 heteroatoms. The predicted octanol–water partition coefficient (Wildman–Crippen LogP) is 3.42. The van der Waals surface area contributed by atoms with Crippen molar-refractivity contribution < 1.29 is 50.5 Å². The van der Waals surface area contributed by atoms with Gasteiger partial charge in [0.15, 0.2) is 5.69 Å². The van der Waals surface area contributed by atoms with Crippen LogP contribution in [0.1, 0.15) is 69.8 Å². The molecule has 1 aliphatic heterocycles. The summed E-state index contributed by atoms with van der Waals surface area (Å²) in [7, 11) is 1.56. The van der Waals surface area contributed by atoms with Gasteiger partial charge in [0.1, 0.15) is 11.8 Å². The van der Waals surface area contributed by atoms with Gasteiger partial charge in [-0.25, -0.2) is 23.4 Å². The summed E-state index contributed by atoms with van der Waals surface area (Å²) in [6.45, 7) is 1.63. The number of cyclic esters (lactones) is 1. The molecule has 0 bridgehead atoms. The van der Waals surface area contributed by atoms with Crippen LogP contribution in [-0.4, -0.2) is 43.2 Å². The minimum Gasteiger partial charge on any atom is -0.465 e. The third-order valence-electron chi connectivity index (χ3n) is 4.39. The van der Waals surface area contributed by atoms with Crippen molar-refractivity contribution in [2.75, 3.05) is 14.2 Å². The molecule has 0 aromatic carbocycles. The van der Waals surface area contributed by atoms with Crippen LogP contribution in [0.3, 0.4) is 0 Å². The molecule has 0 radical (unpaired) electrons. The highest BCUT2D eigenvalue weighted by atomic mass is 19.4. The number of hydrogen-bond acceptors (Lipinski definition) is 7. The van der Waals surface area contributed by atoms with Crippen molar-refractivity contribution >= 4 is 17.9 Å². The highest BCUT2D eigenvalue weighted by molar-refractivity contribution is 6.02. The number of carbonyl (C=O) groups is 3. The van der Waals surface area contributed by atoms with Crippen LogP contribution < -0.4 is 0 Å². The molecular formula is C17H16F5NO6. The number of pyridine rings is 1. The molecule has 160 valence electrons. The quantitative estimate of drug-likeness (QED) is 0.406. The smallest absolute Gasteiger partial charge is 0.434 e. The molecule has 0 saturated carbocycles. The maximum atomic E-state index is 13.6. The van der Waals surface area contributed by atoms with Crippen LogP contribution in [0.15, 0.2) is 0 Å². The van der Waals surface area contributed by atoms with Crippen molar-refractivity contribution in [3.8, 4) is 0 Å². The number of ether oxygens (including phenoxy) is 3. The number of methoxy groups -OCH3 is 2. The molecule has 1 fully saturated rings. The second-order valence-corrected chi connectivity index (χ2v) is 6.05. The number of carbonyl (C=O) groups excluding carboxylic acids is 3. The number of esters is 3. The van der Waals surface area contributed by atoms with Crippen molar-refractivity contribution in [3.05, 3.63) is 28.1 Å². The van der Waals surface area contributed by atoms with Crippen LogP contribution >= 0.6 is 0 Å². The van der Waals surface area contributed by atoms with E-state index >= 15 is 0 Å². The molecule has 0 amide bonds. The molecule has 2 rings (SSSR count). The predicted molar refractivity (Wildman–Crippen MR) is 84.4 cm³/mol. The van der Waals surface area contributed by atoms with Gasteiger partial charge in [-0.15, -0.1) is 0 Å². The third kappa shape index (κ3) is 4.15. The van der Waals surface area contributed by atoms with Crippen LogP contribution in [-0.2, 0) is 25.2 Å². The summed E-state index contributed by atoms with van der Waals surface area (Å²) in [4.78, 5) is 39.6. The second kappa shape index (κ2) is 8.29. The molecule has 2 heterocycles. The summed E-state index contributed by atoms with van der Waals surface area (Å²) in [5.74, 6) is -5.73. The topological polar surface area (TPSA) is 91.8 Å². The highest BCUT2D eigenvalue weighted by Gasteiger charge is 2.48. The first-order chi connectivity index (χ1) is 13.5. The Morgan fingerprint density at radius 1 is 1.17 bits per heavy atom. The number of aromatic nitrogens is 1. The molecule has 29 heavy (non-hydrogen) atoms. The van der Waals surface area contributed by atoms with E-state index in [0.29, 0.717) is 0 Å². The van der Waals surface area contributed by atoms with Crippen LogP contribution in [0.5, 0.6) is 0 Å². The van der Waals surface area contributed by atoms with Gasteiger partial charge in [0.05, 0.1) is 31.3 Å². The van der Waals surface area contributed by atoms with Gasteiger partial charge in [0.2, 0.25) is 0 Å². The summed E-state index contributed by atoms with van der Waals surface area (Å²) in [6.07, 6.45) is -9.67. The van der Waals surface area contributed by atoms with Gasteiger partial charge in [-0.3, -0.25) is 4.79 Å². The Morgan fingerprint density at radius 2 is 1.72 bits per heavy atom. The summed E-state index contributed by atoms with van der Waals surface area (Å²) < 4.78 is 81.6. The fraction of sp³-hybridized carbons (Fsp3) is 0.529. The number of alkyl halides is 5. The van der Waals surface area contributed by atoms with E-state index < -0.39 is 70.6 Å². The number of halogens is 5. The van der Waals surface area contributed by atoms with E-state index in [4.69, 9.17) is 4.74 Å². The molecular weight excluding hydrogens is 409 g/mol. The van der Waals surface area contributed by atoms with Crippen LogP contribution in [0.25, 0.3) is 0 Å². The van der Waals surface area contributed by atoms with Crippen LogP contribution in [0.2, 0.25) is 0 Å². The SMILES string of the molecule is CCC1CC(c2c(C(=O)OC)c(C(F)F)nc(C(F)(F)F)c2C(=O)OC)C(=O)O1. The summed E-state index contributed by atoms with van der Waals surface area (Å²) >= 11 is 0. The van der Waals surface area contributed by atoms with E-state index in [1.54, 1.807) is 6.92 Å². The summed E-state index contributed by atoms with van der Waals surface area (Å²) in [6, 6.07) is 0. The first-order valence-electron chi connectivity index (χ1n) is 8.28. The molecule has 1 aromatic rings. The molecule has 0 aliphatic carbocycles. The van der Waals surface area contributed by atoms with Gasteiger partial charge in [-0.2, -0.15) is 13.2 Å². The van der Waals surface area contributed by atoms with Crippen molar-refractivity contribution in [1.29, 1.82) is 0 Å². The van der Waals surface area contributed by atoms with E-state index in [1.807, 2.05) is 0 Å². The molecule has 1 aliphatic rings. The average Bonchev–Trinajstić information content (AvgIpc) is 3.04. The van der Waals surface area contributed by atoms with E-state index in [1.165, 1.54) is 0 Å². The highest BCUT2D eigenvalue weighted by Crippen LogP contribution is 2.43. The fourth-order valence-corrected chi connectivity index (χ4v) is 3.10. The van der Waals surface area contributed by atoms with E-state index in [0.717, 1.165) is 14.2 Å². The number of hydrogen-bond donors (Lipinski definition) is 0. The lowest BCUT2D eigenvalue weighted by atomic mass is 9.85. The second-order valence-electron chi connectivity index (χ2n) is 6.05. The zero-order valence-electron chi connectivity index (χ0n) is 15.4. The molecule has 1 saturated heterocycles. The van der Waals surface area contributed by atoms with Crippen LogP contribution in [0.4, 0.5) is 22.0 Å². The van der Waals surface area contributed by atoms with E-state index in [2.05, 4.69) is 14.5 Å². The number of rotatable bonds is 5. The lowest BCUT2D eigenvalue weighted by Gasteiger charge is -2.22. The first-order valence-corrected chi connectivity index (χ1v) is 8.28. The maximum absolute atomic E-state index is 13.6. The van der Waals surface area contributed by atoms with Gasteiger partial charge in [-0.05, 0) is 12.0 Å². The molecule has 2 unspecified atom stereocenters. The minimum absolute atomic E-state index is 0.229. The number of nitrogens with zero attached hydrogens (tertiary/aromatic N) is 1. The van der Waals surface area contributed by atoms with E-state index in [9.17, 15) is 36.3 Å². The lowest BCUT2D eigenvalue weighted by Crippen LogP contribution is -2.27. The Hall–Kier alpha value is -2.79. The zero-order chi connectivity index (χ0) is 22.1. The fourth-order valence-electron chi connectivity index (χ4n) is 3.10. The van der Waals surface area contributed by atoms with Gasteiger partial charge in [0, 0.05) is 6.42 Å². The molecule has 0 spiro atoms. The van der Waals surface area contributed by atoms with Crippen LogP contribution in [0, 0.1) is 0 Å². The first kappa shape index (κ1) is 22.5. The standard InChI is InChI=1S/C17H16F5NO6/c1-4-6-5-7(14(24)29-6)8-9(15(25)27-2)11(13(18)19)23-12(17(20,21)22)10(8)16(26)28-3/h6-7,13H,4-5H2,1-3H3. The summed E-state index contributed by atoms with van der Waals surface area (Å²) in [5, 5.41) is 0. The molecule has 1 aromatic heterocycles. The maximum Gasteiger partial charge on any atom is 0.434 e. The largest absolute Gasteiger partial charge is 0.465 e. The van der Waals surface area contributed by atoms with E-state index in [-0.39, 0.29) is 12.8 Å². The summed E-state index contributed by atoms with van der Waals surface area (Å²) in [5.41, 5.74) is -6.82.